The van der Waals surface area contributed by atoms with Crippen LogP contribution in [0, 0.1) is 0 Å². The standard InChI is InChI=1S/C11H16N4O/c16-11-13-7-9(10(14-11)8-1-2-8)15-5-3-12-4-6-15/h7-8,12H,1-6H2,(H,13,14,16). The van der Waals surface area contributed by atoms with Crippen molar-refractivity contribution in [3.05, 3.63) is 22.4 Å². The molecule has 2 aliphatic rings. The van der Waals surface area contributed by atoms with Crippen molar-refractivity contribution in [2.75, 3.05) is 31.1 Å². The molecule has 2 heterocycles. The molecule has 1 saturated heterocycles. The fraction of sp³-hybridized carbons (Fsp3) is 0.636. The van der Waals surface area contributed by atoms with Gasteiger partial charge in [-0.15, -0.1) is 0 Å². The average molecular weight is 220 g/mol. The van der Waals surface area contributed by atoms with Crippen LogP contribution in [0.15, 0.2) is 11.0 Å². The summed E-state index contributed by atoms with van der Waals surface area (Å²) in [6.45, 7) is 3.99. The van der Waals surface area contributed by atoms with Gasteiger partial charge in [0.05, 0.1) is 11.9 Å². The first-order chi connectivity index (χ1) is 7.84. The Morgan fingerprint density at radius 3 is 2.75 bits per heavy atom. The van der Waals surface area contributed by atoms with E-state index in [1.165, 1.54) is 12.8 Å². The first kappa shape index (κ1) is 9.84. The molecule has 16 heavy (non-hydrogen) atoms. The second kappa shape index (κ2) is 3.90. The monoisotopic (exact) mass is 220 g/mol. The van der Waals surface area contributed by atoms with Crippen molar-refractivity contribution in [1.29, 1.82) is 0 Å². The van der Waals surface area contributed by atoms with Crippen LogP contribution in [0.5, 0.6) is 0 Å². The predicted octanol–water partition coefficient (Wildman–Crippen LogP) is 0.0569. The second-order valence-corrected chi connectivity index (χ2v) is 4.50. The first-order valence-electron chi connectivity index (χ1n) is 5.89. The summed E-state index contributed by atoms with van der Waals surface area (Å²) < 4.78 is 0. The minimum atomic E-state index is -0.221. The molecule has 0 radical (unpaired) electrons. The van der Waals surface area contributed by atoms with Crippen LogP contribution < -0.4 is 15.9 Å². The highest BCUT2D eigenvalue weighted by molar-refractivity contribution is 5.51. The van der Waals surface area contributed by atoms with Crippen molar-refractivity contribution < 1.29 is 0 Å². The van der Waals surface area contributed by atoms with E-state index >= 15 is 0 Å². The van der Waals surface area contributed by atoms with E-state index in [9.17, 15) is 4.79 Å². The van der Waals surface area contributed by atoms with Crippen LogP contribution >= 0.6 is 0 Å². The van der Waals surface area contributed by atoms with E-state index in [-0.39, 0.29) is 5.69 Å². The number of aromatic amines is 1. The third-order valence-electron chi connectivity index (χ3n) is 3.26. The van der Waals surface area contributed by atoms with Gasteiger partial charge in [0.1, 0.15) is 0 Å². The number of rotatable bonds is 2. The fourth-order valence-electron chi connectivity index (χ4n) is 2.24. The molecule has 5 nitrogen and oxygen atoms in total. The quantitative estimate of drug-likeness (QED) is 0.739. The zero-order chi connectivity index (χ0) is 11.0. The van der Waals surface area contributed by atoms with E-state index < -0.39 is 0 Å². The molecular formula is C11H16N4O. The Bertz CT molecular complexity index is 432. The lowest BCUT2D eigenvalue weighted by Gasteiger charge is -2.30. The number of anilines is 1. The highest BCUT2D eigenvalue weighted by Crippen LogP contribution is 2.42. The smallest absolute Gasteiger partial charge is 0.345 e. The predicted molar refractivity (Wildman–Crippen MR) is 61.9 cm³/mol. The van der Waals surface area contributed by atoms with Crippen LogP contribution in [-0.2, 0) is 0 Å². The molecule has 1 aromatic heterocycles. The Hall–Kier alpha value is -1.36. The highest BCUT2D eigenvalue weighted by atomic mass is 16.1. The molecule has 1 aliphatic carbocycles. The number of piperazine rings is 1. The van der Waals surface area contributed by atoms with E-state index in [1.807, 2.05) is 0 Å². The van der Waals surface area contributed by atoms with E-state index in [2.05, 4.69) is 20.2 Å². The number of hydrogen-bond donors (Lipinski definition) is 2. The molecule has 0 aromatic carbocycles. The third-order valence-corrected chi connectivity index (χ3v) is 3.26. The lowest BCUT2D eigenvalue weighted by Crippen LogP contribution is -2.44. The number of nitrogens with one attached hydrogen (secondary N) is 2. The Morgan fingerprint density at radius 1 is 1.31 bits per heavy atom. The molecule has 2 N–H and O–H groups in total. The SMILES string of the molecule is O=c1ncc(N2CCNCC2)c(C2CC2)[nH]1. The molecule has 0 atom stereocenters. The molecule has 0 bridgehead atoms. The zero-order valence-electron chi connectivity index (χ0n) is 9.20. The Balaban J connectivity index is 1.94. The van der Waals surface area contributed by atoms with Crippen LogP contribution in [-0.4, -0.2) is 36.1 Å². The number of nitrogens with zero attached hydrogens (tertiary/aromatic N) is 2. The lowest BCUT2D eigenvalue weighted by atomic mass is 10.2. The number of aromatic nitrogens is 2. The lowest BCUT2D eigenvalue weighted by molar-refractivity contribution is 0.585. The van der Waals surface area contributed by atoms with Gasteiger partial charge in [0.25, 0.3) is 0 Å². The van der Waals surface area contributed by atoms with Crippen molar-refractivity contribution in [3.63, 3.8) is 0 Å². The number of hydrogen-bond acceptors (Lipinski definition) is 4. The summed E-state index contributed by atoms with van der Waals surface area (Å²) in [6, 6.07) is 0. The average Bonchev–Trinajstić information content (AvgIpc) is 3.14. The Morgan fingerprint density at radius 2 is 2.06 bits per heavy atom. The van der Waals surface area contributed by atoms with Gasteiger partial charge in [0, 0.05) is 37.8 Å². The van der Waals surface area contributed by atoms with E-state index in [1.54, 1.807) is 6.20 Å². The topological polar surface area (TPSA) is 61.0 Å². The van der Waals surface area contributed by atoms with Crippen LogP contribution in [0.1, 0.15) is 24.5 Å². The van der Waals surface area contributed by atoms with E-state index in [0.717, 1.165) is 37.6 Å². The highest BCUT2D eigenvalue weighted by Gasteiger charge is 2.29. The molecule has 0 spiro atoms. The molecule has 0 amide bonds. The molecule has 0 unspecified atom stereocenters. The van der Waals surface area contributed by atoms with Gasteiger partial charge in [-0.3, -0.25) is 0 Å². The van der Waals surface area contributed by atoms with Crippen LogP contribution in [0.4, 0.5) is 5.69 Å². The molecule has 1 aliphatic heterocycles. The minimum absolute atomic E-state index is 0.221. The van der Waals surface area contributed by atoms with Gasteiger partial charge >= 0.3 is 5.69 Å². The maximum atomic E-state index is 11.3. The summed E-state index contributed by atoms with van der Waals surface area (Å²) in [6.07, 6.45) is 4.12. The van der Waals surface area contributed by atoms with Gasteiger partial charge in [0.15, 0.2) is 0 Å². The third kappa shape index (κ3) is 1.82. The van der Waals surface area contributed by atoms with E-state index in [4.69, 9.17) is 0 Å². The zero-order valence-corrected chi connectivity index (χ0v) is 9.20. The van der Waals surface area contributed by atoms with Crippen LogP contribution in [0.2, 0.25) is 0 Å². The van der Waals surface area contributed by atoms with Crippen molar-refractivity contribution >= 4 is 5.69 Å². The van der Waals surface area contributed by atoms with Gasteiger partial charge in [-0.25, -0.2) is 4.79 Å². The van der Waals surface area contributed by atoms with Gasteiger partial charge in [0.2, 0.25) is 0 Å². The maximum Gasteiger partial charge on any atom is 0.345 e. The second-order valence-electron chi connectivity index (χ2n) is 4.50. The molecular weight excluding hydrogens is 204 g/mol. The van der Waals surface area contributed by atoms with Crippen molar-refractivity contribution in [2.45, 2.75) is 18.8 Å². The summed E-state index contributed by atoms with van der Waals surface area (Å²) in [5, 5.41) is 3.33. The van der Waals surface area contributed by atoms with Crippen molar-refractivity contribution in [3.8, 4) is 0 Å². The van der Waals surface area contributed by atoms with Crippen molar-refractivity contribution in [2.24, 2.45) is 0 Å². The molecule has 86 valence electrons. The van der Waals surface area contributed by atoms with E-state index in [0.29, 0.717) is 5.92 Å². The molecule has 1 aromatic rings. The van der Waals surface area contributed by atoms with Gasteiger partial charge in [-0.1, -0.05) is 0 Å². The Kier molecular flexibility index (Phi) is 2.40. The van der Waals surface area contributed by atoms with Gasteiger partial charge < -0.3 is 15.2 Å². The minimum Gasteiger partial charge on any atom is -0.366 e. The summed E-state index contributed by atoms with van der Waals surface area (Å²) in [4.78, 5) is 20.3. The molecule has 2 fully saturated rings. The fourth-order valence-corrected chi connectivity index (χ4v) is 2.24. The first-order valence-corrected chi connectivity index (χ1v) is 5.89. The van der Waals surface area contributed by atoms with Gasteiger partial charge in [-0.05, 0) is 12.8 Å². The van der Waals surface area contributed by atoms with Gasteiger partial charge in [-0.2, -0.15) is 4.98 Å². The van der Waals surface area contributed by atoms with Crippen molar-refractivity contribution in [1.82, 2.24) is 15.3 Å². The summed E-state index contributed by atoms with van der Waals surface area (Å²) in [5.74, 6) is 0.556. The Labute approximate surface area is 93.9 Å². The largest absolute Gasteiger partial charge is 0.366 e. The number of H-pyrrole nitrogens is 1. The molecule has 5 heteroatoms. The molecule has 1 saturated carbocycles. The summed E-state index contributed by atoms with van der Waals surface area (Å²) in [5.41, 5.74) is 2.01. The summed E-state index contributed by atoms with van der Waals surface area (Å²) in [7, 11) is 0. The normalized spacial score (nSPS) is 21.1. The summed E-state index contributed by atoms with van der Waals surface area (Å²) >= 11 is 0. The maximum absolute atomic E-state index is 11.3. The molecule has 3 rings (SSSR count). The van der Waals surface area contributed by atoms with Crippen LogP contribution in [0.25, 0.3) is 0 Å². The van der Waals surface area contributed by atoms with Crippen LogP contribution in [0.3, 0.4) is 0 Å².